The first-order valence-corrected chi connectivity index (χ1v) is 2.59. The van der Waals surface area contributed by atoms with E-state index in [9.17, 15) is 0 Å². The molecule has 2 aliphatic rings. The molecule has 0 aromatic rings. The molecule has 2 rings (SSSR count). The molecule has 0 bridgehead atoms. The van der Waals surface area contributed by atoms with Crippen LogP contribution >= 0.6 is 0 Å². The van der Waals surface area contributed by atoms with E-state index in [1.54, 1.807) is 0 Å². The Morgan fingerprint density at radius 1 is 1.50 bits per heavy atom. The molecule has 2 heteroatoms. The summed E-state index contributed by atoms with van der Waals surface area (Å²) in [4.78, 5) is 4.08. The number of hydrogen-bond donors (Lipinski definition) is 1. The van der Waals surface area contributed by atoms with Crippen LogP contribution in [0.25, 0.3) is 0 Å². The minimum absolute atomic E-state index is 0.347. The highest BCUT2D eigenvalue weighted by atomic mass is 15.0. The average Bonchev–Trinajstić information content (AvgIpc) is 2.43. The van der Waals surface area contributed by atoms with Crippen LogP contribution in [-0.2, 0) is 0 Å². The third-order valence-electron chi connectivity index (χ3n) is 1.32. The van der Waals surface area contributed by atoms with Gasteiger partial charge in [0.05, 0.1) is 5.71 Å². The highest BCUT2D eigenvalue weighted by Crippen LogP contribution is 2.19. The maximum absolute atomic E-state index is 5.45. The molecule has 0 fully saturated rings. The fraction of sp³-hybridized carbons (Fsp3) is 0.167. The maximum Gasteiger partial charge on any atom is 0.112 e. The van der Waals surface area contributed by atoms with Crippen molar-refractivity contribution in [2.75, 3.05) is 0 Å². The van der Waals surface area contributed by atoms with Crippen molar-refractivity contribution in [2.45, 2.75) is 6.04 Å². The molecule has 1 aliphatic heterocycles. The Morgan fingerprint density at radius 3 is 3.00 bits per heavy atom. The fourth-order valence-corrected chi connectivity index (χ4v) is 0.807. The number of nitrogens with two attached hydrogens (primary N) is 1. The van der Waals surface area contributed by atoms with Gasteiger partial charge >= 0.3 is 0 Å². The van der Waals surface area contributed by atoms with Gasteiger partial charge in [0.25, 0.3) is 0 Å². The fourth-order valence-electron chi connectivity index (χ4n) is 0.807. The summed E-state index contributed by atoms with van der Waals surface area (Å²) in [5.41, 5.74) is 7.45. The summed E-state index contributed by atoms with van der Waals surface area (Å²) in [5.74, 6) is 0. The van der Waals surface area contributed by atoms with E-state index in [2.05, 4.69) is 4.99 Å². The summed E-state index contributed by atoms with van der Waals surface area (Å²) >= 11 is 0. The Kier molecular flexibility index (Phi) is 0.497. The molecule has 1 heterocycles. The predicted octanol–water partition coefficient (Wildman–Crippen LogP) is 0.222. The lowest BCUT2D eigenvalue weighted by Crippen LogP contribution is -2.03. The van der Waals surface area contributed by atoms with E-state index in [4.69, 9.17) is 5.73 Å². The van der Waals surface area contributed by atoms with E-state index in [0.29, 0.717) is 6.04 Å². The molecule has 1 aliphatic carbocycles. The second-order valence-electron chi connectivity index (χ2n) is 2.00. The molecular weight excluding hydrogens is 100 g/mol. The number of aliphatic imine (C=N–C) groups is 1. The smallest absolute Gasteiger partial charge is 0.112 e. The molecule has 0 aromatic carbocycles. The zero-order valence-electron chi connectivity index (χ0n) is 4.33. The van der Waals surface area contributed by atoms with Crippen LogP contribution in [0.1, 0.15) is 0 Å². The second kappa shape index (κ2) is 1.02. The van der Waals surface area contributed by atoms with Gasteiger partial charge in [-0.05, 0) is 18.2 Å². The van der Waals surface area contributed by atoms with Crippen molar-refractivity contribution < 1.29 is 0 Å². The monoisotopic (exact) mass is 106 g/mol. The summed E-state index contributed by atoms with van der Waals surface area (Å²) in [5, 5.41) is 0. The SMILES string of the molecule is NC1=CC2N=C2C=C1. The van der Waals surface area contributed by atoms with Crippen molar-refractivity contribution >= 4 is 5.71 Å². The van der Waals surface area contributed by atoms with Gasteiger partial charge < -0.3 is 5.73 Å². The molecule has 0 saturated carbocycles. The molecule has 0 radical (unpaired) electrons. The molecule has 40 valence electrons. The minimum Gasteiger partial charge on any atom is -0.399 e. The normalized spacial score (nSPS) is 30.8. The van der Waals surface area contributed by atoms with Crippen LogP contribution in [0.3, 0.4) is 0 Å². The van der Waals surface area contributed by atoms with Crippen LogP contribution in [0.4, 0.5) is 0 Å². The first-order chi connectivity index (χ1) is 3.86. The van der Waals surface area contributed by atoms with Crippen molar-refractivity contribution in [3.63, 3.8) is 0 Å². The van der Waals surface area contributed by atoms with E-state index in [1.165, 1.54) is 5.71 Å². The van der Waals surface area contributed by atoms with Crippen molar-refractivity contribution in [2.24, 2.45) is 10.7 Å². The molecule has 1 unspecified atom stereocenters. The highest BCUT2D eigenvalue weighted by molar-refractivity contribution is 6.11. The maximum atomic E-state index is 5.45. The van der Waals surface area contributed by atoms with E-state index in [0.717, 1.165) is 5.70 Å². The largest absolute Gasteiger partial charge is 0.399 e. The van der Waals surface area contributed by atoms with Gasteiger partial charge in [-0.3, -0.25) is 4.99 Å². The van der Waals surface area contributed by atoms with Gasteiger partial charge in [0.1, 0.15) is 6.04 Å². The third kappa shape index (κ3) is 0.397. The number of hydrogen-bond acceptors (Lipinski definition) is 2. The molecule has 0 aromatic heterocycles. The van der Waals surface area contributed by atoms with Gasteiger partial charge in [0.15, 0.2) is 0 Å². The van der Waals surface area contributed by atoms with Crippen molar-refractivity contribution in [3.05, 3.63) is 23.9 Å². The molecule has 0 saturated heterocycles. The van der Waals surface area contributed by atoms with Gasteiger partial charge in [0.2, 0.25) is 0 Å². The lowest BCUT2D eigenvalue weighted by molar-refractivity contribution is 1.23. The Balaban J connectivity index is 2.34. The van der Waals surface area contributed by atoms with Crippen molar-refractivity contribution in [1.82, 2.24) is 0 Å². The van der Waals surface area contributed by atoms with Gasteiger partial charge in [-0.15, -0.1) is 0 Å². The van der Waals surface area contributed by atoms with Crippen molar-refractivity contribution in [1.29, 1.82) is 0 Å². The number of fused-ring (bicyclic) bond motifs is 1. The van der Waals surface area contributed by atoms with Crippen LogP contribution in [0.15, 0.2) is 28.9 Å². The summed E-state index contributed by atoms with van der Waals surface area (Å²) in [6.45, 7) is 0. The molecular formula is C6H6N2. The molecule has 8 heavy (non-hydrogen) atoms. The molecule has 2 nitrogen and oxygen atoms in total. The van der Waals surface area contributed by atoms with Gasteiger partial charge in [-0.1, -0.05) is 0 Å². The quantitative estimate of drug-likeness (QED) is 0.471. The zero-order chi connectivity index (χ0) is 5.56. The van der Waals surface area contributed by atoms with Crippen LogP contribution in [0.5, 0.6) is 0 Å². The van der Waals surface area contributed by atoms with E-state index >= 15 is 0 Å². The van der Waals surface area contributed by atoms with Crippen LogP contribution in [0, 0.1) is 0 Å². The van der Waals surface area contributed by atoms with E-state index < -0.39 is 0 Å². The van der Waals surface area contributed by atoms with Crippen LogP contribution in [-0.4, -0.2) is 11.8 Å². The Morgan fingerprint density at radius 2 is 2.38 bits per heavy atom. The van der Waals surface area contributed by atoms with E-state index in [1.807, 2.05) is 18.2 Å². The molecule has 2 N–H and O–H groups in total. The Hall–Kier alpha value is -1.05. The summed E-state index contributed by atoms with van der Waals surface area (Å²) < 4.78 is 0. The lowest BCUT2D eigenvalue weighted by Gasteiger charge is -1.93. The summed E-state index contributed by atoms with van der Waals surface area (Å²) in [6.07, 6.45) is 5.79. The zero-order valence-corrected chi connectivity index (χ0v) is 4.33. The average molecular weight is 106 g/mol. The summed E-state index contributed by atoms with van der Waals surface area (Å²) in [6, 6.07) is 0.347. The third-order valence-corrected chi connectivity index (χ3v) is 1.32. The number of rotatable bonds is 0. The second-order valence-corrected chi connectivity index (χ2v) is 2.00. The summed E-state index contributed by atoms with van der Waals surface area (Å²) in [7, 11) is 0. The standard InChI is InChI=1S/C6H6N2/c7-4-1-2-5-6(3-4)8-5/h1-3,6H,7H2. The molecule has 0 spiro atoms. The highest BCUT2D eigenvalue weighted by Gasteiger charge is 2.24. The molecule has 1 atom stereocenters. The van der Waals surface area contributed by atoms with Gasteiger partial charge in [0, 0.05) is 5.70 Å². The van der Waals surface area contributed by atoms with Crippen LogP contribution < -0.4 is 5.73 Å². The first kappa shape index (κ1) is 3.89. The first-order valence-electron chi connectivity index (χ1n) is 2.59. The Labute approximate surface area is 47.4 Å². The Bertz CT molecular complexity index is 211. The predicted molar refractivity (Wildman–Crippen MR) is 32.6 cm³/mol. The van der Waals surface area contributed by atoms with Gasteiger partial charge in [-0.2, -0.15) is 0 Å². The topological polar surface area (TPSA) is 38.4 Å². The molecule has 0 amide bonds. The van der Waals surface area contributed by atoms with Gasteiger partial charge in [-0.25, -0.2) is 0 Å². The minimum atomic E-state index is 0.347. The van der Waals surface area contributed by atoms with Crippen LogP contribution in [0.2, 0.25) is 0 Å². The number of allylic oxidation sites excluding steroid dienone is 1. The van der Waals surface area contributed by atoms with Crippen molar-refractivity contribution in [3.8, 4) is 0 Å². The lowest BCUT2D eigenvalue weighted by atomic mass is 10.1. The number of nitrogens with zero attached hydrogens (tertiary/aromatic N) is 1. The van der Waals surface area contributed by atoms with E-state index in [-0.39, 0.29) is 0 Å².